The van der Waals surface area contributed by atoms with Gasteiger partial charge in [-0.25, -0.2) is 0 Å². The largest absolute Gasteiger partial charge is 0.487 e. The Balaban J connectivity index is 1.99. The summed E-state index contributed by atoms with van der Waals surface area (Å²) in [5, 5.41) is 9.01. The number of hydrogen-bond acceptors (Lipinski definition) is 4. The molecular formula is C16H17N3O. The van der Waals surface area contributed by atoms with Crippen LogP contribution in [0.4, 0.5) is 0 Å². The molecule has 20 heavy (non-hydrogen) atoms. The van der Waals surface area contributed by atoms with Crippen LogP contribution in [0.2, 0.25) is 0 Å². The smallest absolute Gasteiger partial charge is 0.138 e. The third kappa shape index (κ3) is 3.81. The van der Waals surface area contributed by atoms with E-state index in [0.29, 0.717) is 17.9 Å². The number of pyridine rings is 1. The first-order valence-electron chi connectivity index (χ1n) is 6.50. The summed E-state index contributed by atoms with van der Waals surface area (Å²) in [7, 11) is 0. The van der Waals surface area contributed by atoms with Gasteiger partial charge >= 0.3 is 0 Å². The van der Waals surface area contributed by atoms with Crippen LogP contribution in [0, 0.1) is 11.3 Å². The molecule has 2 aromatic rings. The molecule has 0 aliphatic carbocycles. The van der Waals surface area contributed by atoms with Crippen LogP contribution in [0.5, 0.6) is 5.75 Å². The van der Waals surface area contributed by atoms with Gasteiger partial charge in [-0.3, -0.25) is 4.98 Å². The Morgan fingerprint density at radius 1 is 1.30 bits per heavy atom. The normalized spacial score (nSPS) is 11.7. The molecule has 4 heteroatoms. The van der Waals surface area contributed by atoms with Crippen molar-refractivity contribution in [2.75, 3.05) is 0 Å². The van der Waals surface area contributed by atoms with Gasteiger partial charge in [0, 0.05) is 23.7 Å². The molecule has 0 amide bonds. The molecule has 0 saturated heterocycles. The maximum Gasteiger partial charge on any atom is 0.138 e. The van der Waals surface area contributed by atoms with Crippen LogP contribution in [0.3, 0.4) is 0 Å². The van der Waals surface area contributed by atoms with Gasteiger partial charge in [0.2, 0.25) is 0 Å². The molecule has 1 aromatic carbocycles. The number of nitriles is 1. The highest BCUT2D eigenvalue weighted by molar-refractivity contribution is 5.37. The van der Waals surface area contributed by atoms with Gasteiger partial charge in [-0.2, -0.15) is 5.26 Å². The van der Waals surface area contributed by atoms with E-state index in [9.17, 15) is 0 Å². The zero-order valence-corrected chi connectivity index (χ0v) is 11.4. The van der Waals surface area contributed by atoms with Crippen LogP contribution in [0.15, 0.2) is 42.6 Å². The second-order valence-corrected chi connectivity index (χ2v) is 4.72. The maximum absolute atomic E-state index is 9.01. The van der Waals surface area contributed by atoms with Crippen molar-refractivity contribution >= 4 is 0 Å². The topological polar surface area (TPSA) is 71.9 Å². The third-order valence-corrected chi connectivity index (χ3v) is 2.86. The number of hydrogen-bond donors (Lipinski definition) is 1. The molecule has 0 radical (unpaired) electrons. The molecule has 4 nitrogen and oxygen atoms in total. The van der Waals surface area contributed by atoms with Gasteiger partial charge < -0.3 is 10.5 Å². The highest BCUT2D eigenvalue weighted by atomic mass is 16.5. The van der Waals surface area contributed by atoms with Crippen molar-refractivity contribution in [3.63, 3.8) is 0 Å². The van der Waals surface area contributed by atoms with Crippen molar-refractivity contribution in [1.29, 1.82) is 5.26 Å². The van der Waals surface area contributed by atoms with Crippen LogP contribution < -0.4 is 10.5 Å². The zero-order chi connectivity index (χ0) is 14.4. The molecule has 2 rings (SSSR count). The van der Waals surface area contributed by atoms with E-state index in [1.807, 2.05) is 37.3 Å². The lowest BCUT2D eigenvalue weighted by Gasteiger charge is -2.08. The molecule has 0 spiro atoms. The van der Waals surface area contributed by atoms with Crippen molar-refractivity contribution in [2.45, 2.75) is 26.0 Å². The van der Waals surface area contributed by atoms with Gasteiger partial charge in [0.15, 0.2) is 0 Å². The minimum atomic E-state index is 0.0942. The number of nitrogens with zero attached hydrogens (tertiary/aromatic N) is 2. The lowest BCUT2D eigenvalue weighted by molar-refractivity contribution is 0.304. The predicted molar refractivity (Wildman–Crippen MR) is 77.1 cm³/mol. The zero-order valence-electron chi connectivity index (χ0n) is 11.4. The SMILES string of the molecule is CC(N)Cc1ccc(OCc2ccccc2C#N)cn1. The molecule has 2 N–H and O–H groups in total. The van der Waals surface area contributed by atoms with Gasteiger partial charge in [0.1, 0.15) is 12.4 Å². The molecule has 0 bridgehead atoms. The Bertz CT molecular complexity index is 600. The van der Waals surface area contributed by atoms with Gasteiger partial charge in [0.25, 0.3) is 0 Å². The second-order valence-electron chi connectivity index (χ2n) is 4.72. The van der Waals surface area contributed by atoms with Gasteiger partial charge in [-0.05, 0) is 25.1 Å². The third-order valence-electron chi connectivity index (χ3n) is 2.86. The summed E-state index contributed by atoms with van der Waals surface area (Å²) >= 11 is 0. The Morgan fingerprint density at radius 2 is 2.10 bits per heavy atom. The molecule has 102 valence electrons. The summed E-state index contributed by atoms with van der Waals surface area (Å²) in [5.74, 6) is 0.686. The number of benzene rings is 1. The van der Waals surface area contributed by atoms with E-state index in [-0.39, 0.29) is 6.04 Å². The number of ether oxygens (including phenoxy) is 1. The summed E-state index contributed by atoms with van der Waals surface area (Å²) < 4.78 is 5.65. The van der Waals surface area contributed by atoms with E-state index in [1.54, 1.807) is 12.3 Å². The Labute approximate surface area is 118 Å². The van der Waals surface area contributed by atoms with Crippen LogP contribution >= 0.6 is 0 Å². The monoisotopic (exact) mass is 267 g/mol. The molecule has 0 saturated carbocycles. The second kappa shape index (κ2) is 6.69. The van der Waals surface area contributed by atoms with Crippen molar-refractivity contribution in [1.82, 2.24) is 4.98 Å². The van der Waals surface area contributed by atoms with Crippen molar-refractivity contribution < 1.29 is 4.74 Å². The van der Waals surface area contributed by atoms with Gasteiger partial charge in [-0.15, -0.1) is 0 Å². The highest BCUT2D eigenvalue weighted by Gasteiger charge is 2.03. The van der Waals surface area contributed by atoms with Crippen molar-refractivity contribution in [3.8, 4) is 11.8 Å². The maximum atomic E-state index is 9.01. The lowest BCUT2D eigenvalue weighted by Crippen LogP contribution is -2.18. The molecule has 1 atom stereocenters. The summed E-state index contributed by atoms with van der Waals surface area (Å²) in [4.78, 5) is 4.30. The first-order valence-corrected chi connectivity index (χ1v) is 6.50. The van der Waals surface area contributed by atoms with Gasteiger partial charge in [0.05, 0.1) is 17.8 Å². The molecule has 0 fully saturated rings. The quantitative estimate of drug-likeness (QED) is 0.903. The standard InChI is InChI=1S/C16H17N3O/c1-12(18)8-15-6-7-16(10-19-15)20-11-14-5-3-2-4-13(14)9-17/h2-7,10,12H,8,11,18H2,1H3. The Hall–Kier alpha value is -2.38. The van der Waals surface area contributed by atoms with E-state index in [1.165, 1.54) is 0 Å². The van der Waals surface area contributed by atoms with Crippen LogP contribution in [-0.4, -0.2) is 11.0 Å². The predicted octanol–water partition coefficient (Wildman–Crippen LogP) is 2.42. The average molecular weight is 267 g/mol. The number of rotatable bonds is 5. The first-order chi connectivity index (χ1) is 9.69. The van der Waals surface area contributed by atoms with E-state index >= 15 is 0 Å². The molecule has 0 aliphatic heterocycles. The Morgan fingerprint density at radius 3 is 2.75 bits per heavy atom. The average Bonchev–Trinajstić information content (AvgIpc) is 2.46. The fourth-order valence-corrected chi connectivity index (χ4v) is 1.86. The molecule has 0 aliphatic rings. The summed E-state index contributed by atoms with van der Waals surface area (Å²) in [5.41, 5.74) is 8.18. The fraction of sp³-hybridized carbons (Fsp3) is 0.250. The summed E-state index contributed by atoms with van der Waals surface area (Å²) in [6.07, 6.45) is 2.43. The van der Waals surface area contributed by atoms with E-state index in [2.05, 4.69) is 11.1 Å². The first kappa shape index (κ1) is 14.0. The van der Waals surface area contributed by atoms with E-state index in [4.69, 9.17) is 15.7 Å². The minimum Gasteiger partial charge on any atom is -0.487 e. The van der Waals surface area contributed by atoms with Crippen LogP contribution in [0.1, 0.15) is 23.7 Å². The van der Waals surface area contributed by atoms with Crippen molar-refractivity contribution in [3.05, 3.63) is 59.4 Å². The molecular weight excluding hydrogens is 250 g/mol. The van der Waals surface area contributed by atoms with Crippen LogP contribution in [-0.2, 0) is 13.0 Å². The van der Waals surface area contributed by atoms with E-state index in [0.717, 1.165) is 17.7 Å². The molecule has 1 aromatic heterocycles. The fourth-order valence-electron chi connectivity index (χ4n) is 1.86. The van der Waals surface area contributed by atoms with E-state index < -0.39 is 0 Å². The summed E-state index contributed by atoms with van der Waals surface area (Å²) in [6.45, 7) is 2.31. The summed E-state index contributed by atoms with van der Waals surface area (Å²) in [6, 6.07) is 13.4. The van der Waals surface area contributed by atoms with Crippen molar-refractivity contribution in [2.24, 2.45) is 5.73 Å². The van der Waals surface area contributed by atoms with Crippen LogP contribution in [0.25, 0.3) is 0 Å². The van der Waals surface area contributed by atoms with Gasteiger partial charge in [-0.1, -0.05) is 18.2 Å². The number of aromatic nitrogens is 1. The Kier molecular flexibility index (Phi) is 4.70. The molecule has 1 heterocycles. The minimum absolute atomic E-state index is 0.0942. The highest BCUT2D eigenvalue weighted by Crippen LogP contribution is 2.14. The number of nitrogens with two attached hydrogens (primary N) is 1. The lowest BCUT2D eigenvalue weighted by atomic mass is 10.1. The molecule has 1 unspecified atom stereocenters.